The van der Waals surface area contributed by atoms with E-state index in [0.717, 1.165) is 22.2 Å². The zero-order valence-corrected chi connectivity index (χ0v) is 19.8. The molecule has 3 aromatic carbocycles. The molecule has 0 saturated carbocycles. The number of fused-ring (bicyclic) bond motifs is 5. The number of para-hydroxylation sites is 1. The number of imide groups is 1. The fourth-order valence-electron chi connectivity index (χ4n) is 5.71. The molecule has 0 N–H and O–H groups in total. The standard InChI is InChI=1S/C28H18ClF3N2O3/c29-19-12-11-17(14-18(19)28(30,31)32)33-26(36)22-21-13-10-15-6-4-5-9-20(15)34(21)24(23(22)27(33)37)25(35)16-7-2-1-3-8-16/h1-14,21-24H/t21-,22-,23-,24+/m1/s1. The number of ketones is 1. The van der Waals surface area contributed by atoms with Crippen LogP contribution < -0.4 is 9.80 Å². The molecule has 0 aromatic heterocycles. The Hall–Kier alpha value is -3.91. The molecule has 9 heteroatoms. The number of hydrogen-bond acceptors (Lipinski definition) is 4. The number of halogens is 4. The van der Waals surface area contributed by atoms with Gasteiger partial charge in [0.05, 0.1) is 34.2 Å². The maximum Gasteiger partial charge on any atom is 0.417 e. The lowest BCUT2D eigenvalue weighted by molar-refractivity contribution is -0.137. The number of amides is 2. The Morgan fingerprint density at radius 2 is 1.54 bits per heavy atom. The third kappa shape index (κ3) is 3.50. The summed E-state index contributed by atoms with van der Waals surface area (Å²) in [5.74, 6) is -3.71. The van der Waals surface area contributed by atoms with Gasteiger partial charge in [0.1, 0.15) is 6.04 Å². The molecule has 0 radical (unpaired) electrons. The molecule has 0 aliphatic carbocycles. The van der Waals surface area contributed by atoms with E-state index in [9.17, 15) is 27.6 Å². The van der Waals surface area contributed by atoms with E-state index in [1.165, 1.54) is 6.07 Å². The summed E-state index contributed by atoms with van der Waals surface area (Å²) in [6.07, 6.45) is -1.14. The number of anilines is 2. The highest BCUT2D eigenvalue weighted by molar-refractivity contribution is 6.32. The Labute approximate surface area is 214 Å². The van der Waals surface area contributed by atoms with E-state index >= 15 is 0 Å². The smallest absolute Gasteiger partial charge is 0.352 e. The fraction of sp³-hybridized carbons (Fsp3) is 0.179. The monoisotopic (exact) mass is 522 g/mol. The molecule has 186 valence electrons. The number of rotatable bonds is 3. The van der Waals surface area contributed by atoms with Gasteiger partial charge in [0.15, 0.2) is 5.78 Å². The van der Waals surface area contributed by atoms with Crippen molar-refractivity contribution in [1.29, 1.82) is 0 Å². The van der Waals surface area contributed by atoms with Gasteiger partial charge in [-0.2, -0.15) is 13.2 Å². The van der Waals surface area contributed by atoms with Gasteiger partial charge in [0.2, 0.25) is 11.8 Å². The molecule has 2 amide bonds. The van der Waals surface area contributed by atoms with E-state index in [0.29, 0.717) is 11.6 Å². The van der Waals surface area contributed by atoms with Crippen LogP contribution in [0, 0.1) is 11.8 Å². The summed E-state index contributed by atoms with van der Waals surface area (Å²) in [5.41, 5.74) is 0.571. The molecule has 3 aliphatic heterocycles. The predicted octanol–water partition coefficient (Wildman–Crippen LogP) is 5.63. The van der Waals surface area contributed by atoms with Crippen LogP contribution in [0.4, 0.5) is 24.5 Å². The van der Waals surface area contributed by atoms with Gasteiger partial charge in [-0.1, -0.05) is 72.3 Å². The molecule has 3 aliphatic rings. The summed E-state index contributed by atoms with van der Waals surface area (Å²) in [6, 6.07) is 17.2. The van der Waals surface area contributed by atoms with Gasteiger partial charge in [-0.25, -0.2) is 4.90 Å². The van der Waals surface area contributed by atoms with Crippen LogP contribution in [0.3, 0.4) is 0 Å². The second-order valence-electron chi connectivity index (χ2n) is 9.22. The van der Waals surface area contributed by atoms with E-state index in [4.69, 9.17) is 11.6 Å². The summed E-state index contributed by atoms with van der Waals surface area (Å²) in [6.45, 7) is 0. The highest BCUT2D eigenvalue weighted by Gasteiger charge is 2.64. The molecular formula is C28H18ClF3N2O3. The Morgan fingerprint density at radius 1 is 0.865 bits per heavy atom. The summed E-state index contributed by atoms with van der Waals surface area (Å²) in [4.78, 5) is 44.0. The lowest BCUT2D eigenvalue weighted by atomic mass is 9.86. The van der Waals surface area contributed by atoms with Crippen LogP contribution in [-0.2, 0) is 15.8 Å². The van der Waals surface area contributed by atoms with E-state index in [1.807, 2.05) is 35.2 Å². The van der Waals surface area contributed by atoms with Crippen molar-refractivity contribution in [3.8, 4) is 0 Å². The van der Waals surface area contributed by atoms with Crippen molar-refractivity contribution in [3.05, 3.63) is 101 Å². The Balaban J connectivity index is 1.48. The highest BCUT2D eigenvalue weighted by atomic mass is 35.5. The zero-order valence-electron chi connectivity index (χ0n) is 19.0. The first-order valence-corrected chi connectivity index (χ1v) is 12.0. The van der Waals surface area contributed by atoms with Gasteiger partial charge in [0.25, 0.3) is 0 Å². The van der Waals surface area contributed by atoms with Crippen LogP contribution in [0.5, 0.6) is 0 Å². The number of alkyl halides is 3. The Morgan fingerprint density at radius 3 is 2.27 bits per heavy atom. The van der Waals surface area contributed by atoms with Crippen molar-refractivity contribution in [2.45, 2.75) is 18.3 Å². The quantitative estimate of drug-likeness (QED) is 0.330. The minimum atomic E-state index is -4.77. The largest absolute Gasteiger partial charge is 0.417 e. The Bertz CT molecular complexity index is 1490. The van der Waals surface area contributed by atoms with Crippen LogP contribution in [0.15, 0.2) is 78.9 Å². The molecule has 2 saturated heterocycles. The van der Waals surface area contributed by atoms with Gasteiger partial charge in [0, 0.05) is 11.3 Å². The third-order valence-electron chi connectivity index (χ3n) is 7.26. The van der Waals surface area contributed by atoms with Crippen LogP contribution in [0.25, 0.3) is 6.08 Å². The third-order valence-corrected chi connectivity index (χ3v) is 7.58. The van der Waals surface area contributed by atoms with E-state index in [2.05, 4.69) is 0 Å². The van der Waals surface area contributed by atoms with Crippen molar-refractivity contribution in [2.75, 3.05) is 9.80 Å². The minimum absolute atomic E-state index is 0.223. The molecule has 6 rings (SSSR count). The van der Waals surface area contributed by atoms with Crippen LogP contribution in [0.2, 0.25) is 5.02 Å². The summed E-state index contributed by atoms with van der Waals surface area (Å²) in [5, 5.41) is -0.536. The van der Waals surface area contributed by atoms with Gasteiger partial charge >= 0.3 is 6.18 Å². The van der Waals surface area contributed by atoms with Gasteiger partial charge in [-0.3, -0.25) is 14.4 Å². The normalized spacial score (nSPS) is 24.2. The topological polar surface area (TPSA) is 57.7 Å². The van der Waals surface area contributed by atoms with Gasteiger partial charge in [-0.15, -0.1) is 0 Å². The summed E-state index contributed by atoms with van der Waals surface area (Å²) >= 11 is 5.76. The number of Topliss-reactive ketones (excluding diaryl/α,β-unsaturated/α-hetero) is 1. The first-order chi connectivity index (χ1) is 17.7. The van der Waals surface area contributed by atoms with Crippen molar-refractivity contribution >= 4 is 46.6 Å². The predicted molar refractivity (Wildman–Crippen MR) is 132 cm³/mol. The van der Waals surface area contributed by atoms with E-state index in [1.54, 1.807) is 36.4 Å². The molecular weight excluding hydrogens is 505 g/mol. The molecule has 0 unspecified atom stereocenters. The maximum atomic E-state index is 13.9. The van der Waals surface area contributed by atoms with Crippen LogP contribution in [-0.4, -0.2) is 29.7 Å². The minimum Gasteiger partial charge on any atom is -0.352 e. The van der Waals surface area contributed by atoms with Crippen molar-refractivity contribution < 1.29 is 27.6 Å². The van der Waals surface area contributed by atoms with Crippen molar-refractivity contribution in [3.63, 3.8) is 0 Å². The molecule has 0 bridgehead atoms. The molecule has 0 spiro atoms. The number of benzene rings is 3. The van der Waals surface area contributed by atoms with E-state index < -0.39 is 52.5 Å². The number of carbonyl (C=O) groups is 3. The first kappa shape index (κ1) is 23.5. The van der Waals surface area contributed by atoms with Crippen molar-refractivity contribution in [2.24, 2.45) is 11.8 Å². The summed E-state index contributed by atoms with van der Waals surface area (Å²) < 4.78 is 40.6. The second kappa shape index (κ2) is 8.31. The molecule has 3 heterocycles. The molecule has 2 fully saturated rings. The second-order valence-corrected chi connectivity index (χ2v) is 9.62. The zero-order chi connectivity index (χ0) is 26.1. The number of hydrogen-bond donors (Lipinski definition) is 0. The van der Waals surface area contributed by atoms with Crippen molar-refractivity contribution in [1.82, 2.24) is 0 Å². The molecule has 3 aromatic rings. The Kier molecular flexibility index (Phi) is 5.28. The van der Waals surface area contributed by atoms with Crippen LogP contribution in [0.1, 0.15) is 21.5 Å². The molecule has 5 nitrogen and oxygen atoms in total. The molecule has 37 heavy (non-hydrogen) atoms. The average Bonchev–Trinajstić information content (AvgIpc) is 3.36. The SMILES string of the molecule is O=C(c1ccccc1)[C@@H]1[C@@H]2C(=O)N(c3ccc(Cl)c(C(F)(F)F)c3)C(=O)[C@@H]2[C@H]2C=Cc3ccccc3N21. The maximum absolute atomic E-state index is 13.9. The highest BCUT2D eigenvalue weighted by Crippen LogP contribution is 2.50. The fourth-order valence-corrected chi connectivity index (χ4v) is 5.94. The number of carbonyl (C=O) groups excluding carboxylic acids is 3. The molecule has 4 atom stereocenters. The average molecular weight is 523 g/mol. The van der Waals surface area contributed by atoms with Crippen LogP contribution >= 0.6 is 11.6 Å². The van der Waals surface area contributed by atoms with E-state index in [-0.39, 0.29) is 11.5 Å². The number of nitrogens with zero attached hydrogens (tertiary/aromatic N) is 2. The summed E-state index contributed by atoms with van der Waals surface area (Å²) in [7, 11) is 0. The lowest BCUT2D eigenvalue weighted by Gasteiger charge is -2.36. The van der Waals surface area contributed by atoms with Gasteiger partial charge in [-0.05, 0) is 29.8 Å². The van der Waals surface area contributed by atoms with Gasteiger partial charge < -0.3 is 4.90 Å². The first-order valence-electron chi connectivity index (χ1n) is 11.6. The lowest BCUT2D eigenvalue weighted by Crippen LogP contribution is -2.48.